The molecule has 0 radical (unpaired) electrons. The van der Waals surface area contributed by atoms with Gasteiger partial charge in [-0.25, -0.2) is 36.5 Å². The molecule has 23 nitrogen and oxygen atoms in total. The van der Waals surface area contributed by atoms with E-state index in [-0.39, 0.29) is 70.2 Å². The normalized spacial score (nSPS) is 16.5. The molecule has 0 rings (SSSR count). The van der Waals surface area contributed by atoms with Crippen LogP contribution in [0.2, 0.25) is 0 Å². The zero-order valence-corrected chi connectivity index (χ0v) is 55.7. The fourth-order valence-electron chi connectivity index (χ4n) is 6.37. The predicted molar refractivity (Wildman–Crippen MR) is 336 cm³/mol. The quantitative estimate of drug-likeness (QED) is 0.0347. The Morgan fingerprint density at radius 3 is 1.05 bits per heavy atom. The van der Waals surface area contributed by atoms with Crippen LogP contribution in [0.25, 0.3) is 0 Å². The molecule has 4 unspecified atom stereocenters. The first-order valence-electron chi connectivity index (χ1n) is 25.5. The van der Waals surface area contributed by atoms with Crippen LogP contribution in [-0.4, -0.2) is 110 Å². The molecule has 0 aliphatic rings. The molecule has 8 N–H and O–H groups in total. The number of rotatable bonds is 24. The van der Waals surface area contributed by atoms with Crippen LogP contribution in [0.5, 0.6) is 0 Å². The van der Waals surface area contributed by atoms with Gasteiger partial charge in [0.1, 0.15) is 39.7 Å². The second-order valence-corrected chi connectivity index (χ2v) is 31.0. The molecule has 0 aliphatic heterocycles. The zero-order valence-electron chi connectivity index (χ0n) is 50.8. The minimum absolute atomic E-state index is 0.0416. The van der Waals surface area contributed by atoms with Crippen molar-refractivity contribution in [2.45, 2.75) is 142 Å². The Kier molecular flexibility index (Phi) is 51.0. The van der Waals surface area contributed by atoms with Crippen LogP contribution in [0.4, 0.5) is 0 Å². The highest BCUT2D eigenvalue weighted by Gasteiger charge is 2.17. The number of nitrogens with two attached hydrogens (primary N) is 3. The van der Waals surface area contributed by atoms with Crippen molar-refractivity contribution in [3.63, 3.8) is 0 Å². The van der Waals surface area contributed by atoms with E-state index in [0.29, 0.717) is 25.0 Å². The number of allylic oxidation sites excluding steroid dienone is 7. The second kappa shape index (κ2) is 47.0. The number of carbonyl (C=O) groups is 6. The highest BCUT2D eigenvalue weighted by atomic mass is 32.2. The molecule has 0 aromatic carbocycles. The van der Waals surface area contributed by atoms with Gasteiger partial charge in [-0.15, -0.1) is 49.0 Å². The predicted octanol–water partition coefficient (Wildman–Crippen LogP) is 8.07. The van der Waals surface area contributed by atoms with Crippen molar-refractivity contribution in [1.82, 2.24) is 4.72 Å². The van der Waals surface area contributed by atoms with Gasteiger partial charge in [0, 0.05) is 77.2 Å². The van der Waals surface area contributed by atoms with E-state index in [0.717, 1.165) is 19.3 Å². The third kappa shape index (κ3) is 69.8. The molecule has 0 bridgehead atoms. The Morgan fingerprint density at radius 2 is 0.790 bits per heavy atom. The van der Waals surface area contributed by atoms with E-state index in [4.69, 9.17) is 20.0 Å². The molecule has 0 spiro atoms. The largest absolute Gasteiger partial charge is 0.286 e. The summed E-state index contributed by atoms with van der Waals surface area (Å²) in [5, 5.41) is 16.2. The van der Waals surface area contributed by atoms with Gasteiger partial charge < -0.3 is 0 Å². The minimum Gasteiger partial charge on any atom is -0.286 e. The molecular weight excluding hydrogens is 1170 g/mol. The van der Waals surface area contributed by atoms with Crippen molar-refractivity contribution >= 4 is 95.0 Å². The number of nitrogens with one attached hydrogen (secondary N) is 1. The van der Waals surface area contributed by atoms with E-state index in [1.54, 1.807) is 32.1 Å². The van der Waals surface area contributed by atoms with Gasteiger partial charge in [-0.2, -0.15) is 12.8 Å². The topological polar surface area (TPSA) is 394 Å². The maximum absolute atomic E-state index is 12.1. The summed E-state index contributed by atoms with van der Waals surface area (Å²) in [6, 6.07) is 0. The number of carbonyl (C=O) groups excluding carboxylic acids is 6. The van der Waals surface area contributed by atoms with E-state index in [1.165, 1.54) is 47.8 Å². The molecular formula is C52H99N9O14S6. The highest BCUT2D eigenvalue weighted by molar-refractivity contribution is 7.93. The molecule has 0 fully saturated rings. The van der Waals surface area contributed by atoms with Crippen molar-refractivity contribution in [1.29, 1.82) is 0 Å². The van der Waals surface area contributed by atoms with Crippen molar-refractivity contribution < 1.29 is 62.8 Å². The maximum Gasteiger partial charge on any atom is 0.265 e. The fraction of sp³-hybridized carbons (Fsp3) is 0.654. The molecule has 0 aromatic rings. The first-order chi connectivity index (χ1) is 36.7. The fourth-order valence-corrected chi connectivity index (χ4v) is 15.4. The number of hydrogen-bond donors (Lipinski definition) is 5. The van der Waals surface area contributed by atoms with Gasteiger partial charge in [-0.3, -0.25) is 38.0 Å². The van der Waals surface area contributed by atoms with Crippen LogP contribution in [0.3, 0.4) is 0 Å². The summed E-state index contributed by atoms with van der Waals surface area (Å²) >= 11 is 0. The summed E-state index contributed by atoms with van der Waals surface area (Å²) < 4.78 is 107. The van der Waals surface area contributed by atoms with Gasteiger partial charge in [-0.1, -0.05) is 84.1 Å². The summed E-state index contributed by atoms with van der Waals surface area (Å²) in [6.45, 7) is 35.1. The molecule has 11 atom stereocenters. The van der Waals surface area contributed by atoms with Crippen LogP contribution in [-0.2, 0) is 88.3 Å². The smallest absolute Gasteiger partial charge is 0.265 e. The summed E-state index contributed by atoms with van der Waals surface area (Å²) in [5.74, 6) is 4.73. The summed E-state index contributed by atoms with van der Waals surface area (Å²) in [5.41, 5.74) is 0. The highest BCUT2D eigenvalue weighted by Crippen LogP contribution is 2.11. The lowest BCUT2D eigenvalue weighted by molar-refractivity contribution is -0.117. The van der Waals surface area contributed by atoms with Gasteiger partial charge >= 0.3 is 0 Å². The maximum atomic E-state index is 12.1. The number of nitrogens with zero attached hydrogens (tertiary/aromatic N) is 5. The van der Waals surface area contributed by atoms with Crippen LogP contribution < -0.4 is 20.1 Å². The Bertz CT molecular complexity index is 2850. The SMILES string of the molecule is C/C=C\C[C@H](C)CS(N)(=O)=NC(C)=O.C=CC[C@H](C)CS(=O)(=NC(C)=O)NC(C)=O.C=CC[C@H](C)CS(=O)(=O)O.C=CC[C@H](C)CS(N)(=O)=NC(C)=O.CC#CC[C@H](C)C[S@@](C)(=O)=NC(C)=O.CC=CC[C@H](C)CS(N)(=O)=NC(C)=O. The van der Waals surface area contributed by atoms with Gasteiger partial charge in [0.25, 0.3) is 39.7 Å². The van der Waals surface area contributed by atoms with Crippen molar-refractivity contribution in [2.24, 2.45) is 72.7 Å². The monoisotopic (exact) mass is 1270 g/mol. The molecule has 472 valence electrons. The van der Waals surface area contributed by atoms with Gasteiger partial charge in [0.05, 0.1) is 21.2 Å². The van der Waals surface area contributed by atoms with Crippen molar-refractivity contribution in [3.8, 4) is 11.8 Å². The third-order valence-corrected chi connectivity index (χ3v) is 18.6. The Balaban J connectivity index is -0.000000209. The molecule has 81 heavy (non-hydrogen) atoms. The molecule has 0 aliphatic carbocycles. The van der Waals surface area contributed by atoms with Crippen LogP contribution in [0.15, 0.2) is 84.1 Å². The standard InChI is InChI=1S/C10H18N2O3S.C10H17NO2S.2C9H18N2O2S.C8H16N2O2S.C6H12O3S/c1-5-6-8(2)7-16(15,11-9(3)13)12-10(4)14;1-5-6-7-9(2)8-14(4,13)11-10(3)12;2*1-4-5-6-8(2)7-14(10,13)11-9(3)12;1-4-5-7(2)6-13(9,12)10-8(3)11;1-3-4-6(2)5-10(7,8)9/h5,8H,1,6-7H2,2-4H3,(H,11,12,13,14,15);9H,7-8H2,1-4H3;2*4-5,8H,6-7H2,1-3H3,(H2,10,11,12,13);4,7H,1,5-6H2,2-3H3,(H2,9,10,11,12);3,6H,1,4-5H2,2H3,(H,7,8,9)/b;;5-4-;;;/t8-;9-,14+;2*8-,14?;7-,13?;6-/m000000/s1. The van der Waals surface area contributed by atoms with Gasteiger partial charge in [-0.05, 0) is 88.4 Å². The van der Waals surface area contributed by atoms with Crippen LogP contribution >= 0.6 is 0 Å². The molecule has 29 heteroatoms. The van der Waals surface area contributed by atoms with E-state index in [1.807, 2.05) is 72.8 Å². The average Bonchev–Trinajstić information content (AvgIpc) is 3.21. The Morgan fingerprint density at radius 1 is 0.494 bits per heavy atom. The summed E-state index contributed by atoms with van der Waals surface area (Å²) in [6.07, 6.45) is 18.7. The van der Waals surface area contributed by atoms with Gasteiger partial charge in [0.2, 0.25) is 5.91 Å². The van der Waals surface area contributed by atoms with Gasteiger partial charge in [0.15, 0.2) is 0 Å². The third-order valence-electron chi connectivity index (χ3n) is 8.80. The number of amides is 6. The van der Waals surface area contributed by atoms with E-state index in [9.17, 15) is 58.2 Å². The second-order valence-electron chi connectivity index (χ2n) is 19.4. The van der Waals surface area contributed by atoms with E-state index >= 15 is 0 Å². The van der Waals surface area contributed by atoms with Crippen molar-refractivity contribution in [2.75, 3.05) is 40.8 Å². The Hall–Kier alpha value is -4.38. The molecule has 0 saturated carbocycles. The van der Waals surface area contributed by atoms with Crippen LogP contribution in [0, 0.1) is 47.3 Å². The molecule has 0 heterocycles. The first kappa shape index (κ1) is 87.9. The Labute approximate surface area is 489 Å². The lowest BCUT2D eigenvalue weighted by atomic mass is 10.1. The van der Waals surface area contributed by atoms with E-state index < -0.39 is 89.0 Å². The zero-order chi connectivity index (χ0) is 65.0. The van der Waals surface area contributed by atoms with Crippen LogP contribution in [0.1, 0.15) is 142 Å². The summed E-state index contributed by atoms with van der Waals surface area (Å²) in [7, 11) is -17.6. The lowest BCUT2D eigenvalue weighted by Crippen LogP contribution is -2.33. The molecule has 0 aromatic heterocycles. The minimum atomic E-state index is -3.79. The molecule has 0 saturated heterocycles. The lowest BCUT2D eigenvalue weighted by Gasteiger charge is -2.13. The van der Waals surface area contributed by atoms with Crippen molar-refractivity contribution in [3.05, 3.63) is 62.3 Å². The molecule has 6 amide bonds. The number of hydrogen-bond acceptors (Lipinski definition) is 13. The average molecular weight is 1270 g/mol. The first-order valence-corrected chi connectivity index (χ1v) is 36.1. The summed E-state index contributed by atoms with van der Waals surface area (Å²) in [4.78, 5) is 64.2. The van der Waals surface area contributed by atoms with E-state index in [2.05, 4.69) is 58.1 Å².